The van der Waals surface area contributed by atoms with E-state index in [4.69, 9.17) is 21.8 Å². The van der Waals surface area contributed by atoms with Crippen molar-refractivity contribution in [1.29, 1.82) is 0 Å². The minimum Gasteiger partial charge on any atom is -0.384 e. The maximum atomic E-state index is 9.14. The summed E-state index contributed by atoms with van der Waals surface area (Å²) in [5.41, 5.74) is 0.901. The van der Waals surface area contributed by atoms with Crippen LogP contribution in [0.1, 0.15) is 6.92 Å². The van der Waals surface area contributed by atoms with Crippen molar-refractivity contribution < 1.29 is 10.2 Å². The Hall–Kier alpha value is -0.310. The molecule has 1 rings (SSSR count). The van der Waals surface area contributed by atoms with Gasteiger partial charge in [-0.1, -0.05) is 23.3 Å². The van der Waals surface area contributed by atoms with Crippen LogP contribution in [0.15, 0.2) is 23.8 Å². The zero-order chi connectivity index (χ0) is 7.78. The van der Waals surface area contributed by atoms with Crippen LogP contribution in [0.4, 0.5) is 0 Å². The fraction of sp³-hybridized carbons (Fsp3) is 0.429. The van der Waals surface area contributed by atoms with Gasteiger partial charge < -0.3 is 10.2 Å². The van der Waals surface area contributed by atoms with E-state index in [-0.39, 0.29) is 0 Å². The van der Waals surface area contributed by atoms with Crippen molar-refractivity contribution >= 4 is 11.6 Å². The van der Waals surface area contributed by atoms with Gasteiger partial charge in [0.25, 0.3) is 0 Å². The molecule has 2 atom stereocenters. The predicted octanol–water partition coefficient (Wildman–Crippen LogP) is 0.791. The molecule has 0 heterocycles. The van der Waals surface area contributed by atoms with E-state index in [1.54, 1.807) is 6.08 Å². The second-order valence-corrected chi connectivity index (χ2v) is 3.02. The summed E-state index contributed by atoms with van der Waals surface area (Å²) in [7, 11) is 0. The molecule has 0 saturated carbocycles. The summed E-state index contributed by atoms with van der Waals surface area (Å²) in [6.07, 6.45) is 3.54. The van der Waals surface area contributed by atoms with Gasteiger partial charge in [0, 0.05) is 0 Å². The van der Waals surface area contributed by atoms with E-state index in [1.807, 2.05) is 6.92 Å². The standard InChI is InChI=1S/C7H9ClO2/c1-5-2-3-7(8,10)6(9)4-5/h2-4,6,9-10H,1H3. The van der Waals surface area contributed by atoms with E-state index in [0.717, 1.165) is 5.57 Å². The van der Waals surface area contributed by atoms with Crippen molar-refractivity contribution in [2.45, 2.75) is 18.1 Å². The quantitative estimate of drug-likeness (QED) is 0.515. The lowest BCUT2D eigenvalue weighted by Gasteiger charge is -2.23. The minimum atomic E-state index is -1.61. The fourth-order valence-corrected chi connectivity index (χ4v) is 0.894. The first-order valence-corrected chi connectivity index (χ1v) is 3.37. The van der Waals surface area contributed by atoms with Crippen molar-refractivity contribution in [3.63, 3.8) is 0 Å². The van der Waals surface area contributed by atoms with E-state index >= 15 is 0 Å². The van der Waals surface area contributed by atoms with Crippen molar-refractivity contribution in [2.75, 3.05) is 0 Å². The van der Waals surface area contributed by atoms with Crippen LogP contribution in [0.3, 0.4) is 0 Å². The summed E-state index contributed by atoms with van der Waals surface area (Å²) in [5, 5.41) is 16.6. The highest BCUT2D eigenvalue weighted by Crippen LogP contribution is 2.24. The summed E-state index contributed by atoms with van der Waals surface area (Å²) in [6, 6.07) is 0. The van der Waals surface area contributed by atoms with Crippen molar-refractivity contribution in [3.8, 4) is 0 Å². The van der Waals surface area contributed by atoms with Crippen LogP contribution in [0.25, 0.3) is 0 Å². The lowest BCUT2D eigenvalue weighted by molar-refractivity contribution is 0.0471. The first-order chi connectivity index (χ1) is 4.52. The molecule has 3 heteroatoms. The molecular weight excluding hydrogens is 152 g/mol. The van der Waals surface area contributed by atoms with Crippen LogP contribution in [-0.2, 0) is 0 Å². The SMILES string of the molecule is CC1=CC(O)C(O)(Cl)C=C1. The average molecular weight is 161 g/mol. The summed E-state index contributed by atoms with van der Waals surface area (Å²) in [4.78, 5) is 0. The Morgan fingerprint density at radius 1 is 1.70 bits per heavy atom. The predicted molar refractivity (Wildman–Crippen MR) is 39.7 cm³/mol. The smallest absolute Gasteiger partial charge is 0.187 e. The van der Waals surface area contributed by atoms with Crippen LogP contribution in [-0.4, -0.2) is 21.4 Å². The van der Waals surface area contributed by atoms with Crippen molar-refractivity contribution in [2.24, 2.45) is 0 Å². The largest absolute Gasteiger partial charge is 0.384 e. The van der Waals surface area contributed by atoms with Gasteiger partial charge in [-0.3, -0.25) is 0 Å². The minimum absolute atomic E-state index is 0.901. The molecule has 0 radical (unpaired) electrons. The van der Waals surface area contributed by atoms with E-state index in [9.17, 15) is 0 Å². The zero-order valence-electron chi connectivity index (χ0n) is 5.58. The molecule has 10 heavy (non-hydrogen) atoms. The molecule has 0 spiro atoms. The molecule has 0 saturated heterocycles. The number of aliphatic hydroxyl groups is 2. The molecule has 0 amide bonds. The lowest BCUT2D eigenvalue weighted by atomic mass is 10.0. The van der Waals surface area contributed by atoms with Crippen molar-refractivity contribution in [1.82, 2.24) is 0 Å². The summed E-state index contributed by atoms with van der Waals surface area (Å²) < 4.78 is 0. The third-order valence-corrected chi connectivity index (χ3v) is 1.77. The first kappa shape index (κ1) is 7.79. The molecule has 2 unspecified atom stereocenters. The van der Waals surface area contributed by atoms with Crippen LogP contribution in [0.5, 0.6) is 0 Å². The van der Waals surface area contributed by atoms with Gasteiger partial charge in [0.15, 0.2) is 5.06 Å². The topological polar surface area (TPSA) is 40.5 Å². The average Bonchev–Trinajstić information content (AvgIpc) is 1.81. The second kappa shape index (κ2) is 2.38. The third kappa shape index (κ3) is 1.40. The highest BCUT2D eigenvalue weighted by Gasteiger charge is 2.30. The number of rotatable bonds is 0. The summed E-state index contributed by atoms with van der Waals surface area (Å²) in [5.74, 6) is 0. The van der Waals surface area contributed by atoms with Crippen LogP contribution >= 0.6 is 11.6 Å². The van der Waals surface area contributed by atoms with Gasteiger partial charge in [0.2, 0.25) is 0 Å². The number of allylic oxidation sites excluding steroid dienone is 2. The second-order valence-electron chi connectivity index (χ2n) is 2.42. The molecule has 2 N–H and O–H groups in total. The van der Waals surface area contributed by atoms with Gasteiger partial charge in [-0.2, -0.15) is 0 Å². The number of hydrogen-bond donors (Lipinski definition) is 2. The van der Waals surface area contributed by atoms with E-state index in [2.05, 4.69) is 0 Å². The van der Waals surface area contributed by atoms with E-state index < -0.39 is 11.2 Å². The Morgan fingerprint density at radius 2 is 2.30 bits per heavy atom. The molecule has 0 fully saturated rings. The molecule has 0 bridgehead atoms. The first-order valence-electron chi connectivity index (χ1n) is 2.99. The monoisotopic (exact) mass is 160 g/mol. The molecule has 1 aliphatic rings. The highest BCUT2D eigenvalue weighted by atomic mass is 35.5. The Labute approximate surface area is 64.4 Å². The Balaban J connectivity index is 2.84. The molecule has 0 aromatic carbocycles. The number of halogens is 1. The zero-order valence-corrected chi connectivity index (χ0v) is 6.34. The molecule has 0 aromatic rings. The van der Waals surface area contributed by atoms with Crippen LogP contribution < -0.4 is 0 Å². The van der Waals surface area contributed by atoms with Gasteiger partial charge in [-0.05, 0) is 19.1 Å². The molecule has 0 aromatic heterocycles. The molecule has 2 nitrogen and oxygen atoms in total. The van der Waals surface area contributed by atoms with Crippen LogP contribution in [0.2, 0.25) is 0 Å². The number of aliphatic hydroxyl groups excluding tert-OH is 1. The van der Waals surface area contributed by atoms with Crippen molar-refractivity contribution in [3.05, 3.63) is 23.8 Å². The Morgan fingerprint density at radius 3 is 2.70 bits per heavy atom. The van der Waals surface area contributed by atoms with E-state index in [1.165, 1.54) is 12.2 Å². The van der Waals surface area contributed by atoms with Gasteiger partial charge in [0.1, 0.15) is 6.10 Å². The van der Waals surface area contributed by atoms with E-state index in [0.29, 0.717) is 0 Å². The molecule has 1 aliphatic carbocycles. The highest BCUT2D eigenvalue weighted by molar-refractivity contribution is 6.24. The fourth-order valence-electron chi connectivity index (χ4n) is 0.768. The van der Waals surface area contributed by atoms with Gasteiger partial charge in [0.05, 0.1) is 0 Å². The number of hydrogen-bond acceptors (Lipinski definition) is 2. The van der Waals surface area contributed by atoms with Gasteiger partial charge in [-0.25, -0.2) is 0 Å². The summed E-state index contributed by atoms with van der Waals surface area (Å²) in [6.45, 7) is 1.83. The normalized spacial score (nSPS) is 39.6. The molecule has 0 aliphatic heterocycles. The van der Waals surface area contributed by atoms with Crippen LogP contribution in [0, 0.1) is 0 Å². The maximum Gasteiger partial charge on any atom is 0.187 e. The Bertz CT molecular complexity index is 194. The molecular formula is C7H9ClO2. The summed E-state index contributed by atoms with van der Waals surface area (Å²) >= 11 is 5.46. The lowest BCUT2D eigenvalue weighted by Crippen LogP contribution is -2.34. The number of alkyl halides is 1. The molecule has 56 valence electrons. The maximum absolute atomic E-state index is 9.14. The Kier molecular flexibility index (Phi) is 1.86. The third-order valence-electron chi connectivity index (χ3n) is 1.42. The van der Waals surface area contributed by atoms with Gasteiger partial charge in [-0.15, -0.1) is 0 Å². The van der Waals surface area contributed by atoms with Gasteiger partial charge >= 0.3 is 0 Å².